The Labute approximate surface area is 184 Å². The maximum atomic E-state index is 12.8. The van der Waals surface area contributed by atoms with Crippen LogP contribution in [0.25, 0.3) is 11.3 Å². The molecule has 1 saturated heterocycles. The molecule has 4 rings (SSSR count). The lowest BCUT2D eigenvalue weighted by molar-refractivity contribution is -0.134. The summed E-state index contributed by atoms with van der Waals surface area (Å²) in [5, 5.41) is 10.6. The van der Waals surface area contributed by atoms with E-state index in [1.807, 2.05) is 11.1 Å². The van der Waals surface area contributed by atoms with Gasteiger partial charge >= 0.3 is 0 Å². The van der Waals surface area contributed by atoms with Gasteiger partial charge in [-0.2, -0.15) is 5.10 Å². The van der Waals surface area contributed by atoms with E-state index in [-0.39, 0.29) is 23.8 Å². The monoisotopic (exact) mass is 423 g/mol. The number of aromatic amines is 1. The molecule has 0 bridgehead atoms. The number of aromatic nitrogens is 2. The third-order valence-electron chi connectivity index (χ3n) is 6.67. The molecule has 166 valence electrons. The number of hydrogen-bond acceptors (Lipinski definition) is 4. The van der Waals surface area contributed by atoms with Crippen molar-refractivity contribution in [2.24, 2.45) is 5.92 Å². The van der Waals surface area contributed by atoms with Gasteiger partial charge in [-0.1, -0.05) is 36.2 Å². The Morgan fingerprint density at radius 1 is 1.13 bits per heavy atom. The van der Waals surface area contributed by atoms with Crippen molar-refractivity contribution in [2.45, 2.75) is 52.1 Å². The van der Waals surface area contributed by atoms with E-state index in [4.69, 9.17) is 0 Å². The molecule has 2 aliphatic rings. The molecule has 2 fully saturated rings. The second-order valence-electron chi connectivity index (χ2n) is 8.87. The van der Waals surface area contributed by atoms with Crippen molar-refractivity contribution >= 4 is 11.8 Å². The Hall–Kier alpha value is -2.67. The summed E-state index contributed by atoms with van der Waals surface area (Å²) in [6, 6.07) is 8.49. The average molecular weight is 424 g/mol. The predicted molar refractivity (Wildman–Crippen MR) is 120 cm³/mol. The molecule has 0 spiro atoms. The number of carbonyl (C=O) groups excluding carboxylic acids is 2. The highest BCUT2D eigenvalue weighted by Gasteiger charge is 2.38. The zero-order chi connectivity index (χ0) is 21.8. The van der Waals surface area contributed by atoms with Gasteiger partial charge in [-0.25, -0.2) is 0 Å². The van der Waals surface area contributed by atoms with Crippen LogP contribution in [-0.2, 0) is 16.1 Å². The fourth-order valence-electron chi connectivity index (χ4n) is 5.02. The van der Waals surface area contributed by atoms with E-state index in [0.717, 1.165) is 62.1 Å². The highest BCUT2D eigenvalue weighted by atomic mass is 16.2. The number of carbonyl (C=O) groups is 2. The van der Waals surface area contributed by atoms with Crippen LogP contribution < -0.4 is 5.32 Å². The molecule has 2 aromatic rings. The van der Waals surface area contributed by atoms with Gasteiger partial charge in [0.25, 0.3) is 0 Å². The lowest BCUT2D eigenvalue weighted by Gasteiger charge is -2.31. The number of amides is 2. The van der Waals surface area contributed by atoms with Gasteiger partial charge in [0.15, 0.2) is 0 Å². The minimum Gasteiger partial charge on any atom is -0.355 e. The van der Waals surface area contributed by atoms with E-state index in [9.17, 15) is 9.59 Å². The van der Waals surface area contributed by atoms with Crippen molar-refractivity contribution in [3.05, 3.63) is 41.6 Å². The summed E-state index contributed by atoms with van der Waals surface area (Å²) in [4.78, 5) is 29.4. The Bertz CT molecular complexity index is 907. The Kier molecular flexibility index (Phi) is 6.70. The molecular weight excluding hydrogens is 390 g/mol. The van der Waals surface area contributed by atoms with E-state index in [1.54, 1.807) is 6.92 Å². The summed E-state index contributed by atoms with van der Waals surface area (Å²) >= 11 is 0. The third-order valence-corrected chi connectivity index (χ3v) is 6.67. The minimum atomic E-state index is -0.0718. The summed E-state index contributed by atoms with van der Waals surface area (Å²) in [5.74, 6) is 0.101. The standard InChI is InChI=1S/C24H33N5O2/c1-17-7-9-19(10-8-17)23-20(15-26-27-23)16-28-12-4-13-29(18(2)30)22-6-3-5-21(22)24(31)25-11-14-28/h7-10,15,21-22H,3-6,11-14,16H2,1-2H3,(H,25,31)(H,26,27)/t21-,22+/m1/s1. The molecule has 1 aliphatic carbocycles. The molecule has 2 heterocycles. The summed E-state index contributed by atoms with van der Waals surface area (Å²) < 4.78 is 0. The maximum Gasteiger partial charge on any atom is 0.225 e. The molecule has 7 nitrogen and oxygen atoms in total. The number of hydrogen-bond donors (Lipinski definition) is 2. The highest BCUT2D eigenvalue weighted by Crippen LogP contribution is 2.31. The van der Waals surface area contributed by atoms with Crippen molar-refractivity contribution < 1.29 is 9.59 Å². The minimum absolute atomic E-state index is 0.0473. The summed E-state index contributed by atoms with van der Waals surface area (Å²) in [7, 11) is 0. The van der Waals surface area contributed by atoms with E-state index in [0.29, 0.717) is 13.1 Å². The van der Waals surface area contributed by atoms with Gasteiger partial charge in [-0.3, -0.25) is 19.6 Å². The van der Waals surface area contributed by atoms with Crippen molar-refractivity contribution in [1.82, 2.24) is 25.3 Å². The first-order valence-corrected chi connectivity index (χ1v) is 11.4. The van der Waals surface area contributed by atoms with Gasteiger partial charge in [0.2, 0.25) is 11.8 Å². The van der Waals surface area contributed by atoms with Gasteiger partial charge in [-0.05, 0) is 31.7 Å². The lowest BCUT2D eigenvalue weighted by Crippen LogP contribution is -2.46. The van der Waals surface area contributed by atoms with E-state index < -0.39 is 0 Å². The quantitative estimate of drug-likeness (QED) is 0.795. The number of rotatable bonds is 3. The molecule has 1 aromatic heterocycles. The van der Waals surface area contributed by atoms with Crippen molar-refractivity contribution in [2.75, 3.05) is 26.2 Å². The van der Waals surface area contributed by atoms with Crippen LogP contribution in [0.15, 0.2) is 30.5 Å². The summed E-state index contributed by atoms with van der Waals surface area (Å²) in [6.07, 6.45) is 5.61. The van der Waals surface area contributed by atoms with E-state index in [1.165, 1.54) is 5.56 Å². The zero-order valence-electron chi connectivity index (χ0n) is 18.6. The van der Waals surface area contributed by atoms with Crippen LogP contribution >= 0.6 is 0 Å². The number of fused-ring (bicyclic) bond motifs is 1. The van der Waals surface area contributed by atoms with Crippen molar-refractivity contribution in [1.29, 1.82) is 0 Å². The van der Waals surface area contributed by atoms with Crippen molar-refractivity contribution in [3.63, 3.8) is 0 Å². The van der Waals surface area contributed by atoms with Gasteiger partial charge in [0.05, 0.1) is 17.8 Å². The highest BCUT2D eigenvalue weighted by molar-refractivity contribution is 5.81. The topological polar surface area (TPSA) is 81.3 Å². The van der Waals surface area contributed by atoms with Gasteiger partial charge in [0, 0.05) is 51.3 Å². The van der Waals surface area contributed by atoms with Crippen LogP contribution in [0.1, 0.15) is 43.7 Å². The molecule has 1 aliphatic heterocycles. The molecule has 2 N–H and O–H groups in total. The summed E-state index contributed by atoms with van der Waals surface area (Å²) in [6.45, 7) is 7.44. The molecule has 1 aromatic carbocycles. The number of H-pyrrole nitrogens is 1. The van der Waals surface area contributed by atoms with Crippen LogP contribution in [0, 0.1) is 12.8 Å². The lowest BCUT2D eigenvalue weighted by atomic mass is 10.0. The molecule has 0 radical (unpaired) electrons. The second-order valence-corrected chi connectivity index (χ2v) is 8.87. The second kappa shape index (κ2) is 9.64. The number of nitrogens with one attached hydrogen (secondary N) is 2. The van der Waals surface area contributed by atoms with Crippen molar-refractivity contribution in [3.8, 4) is 11.3 Å². The average Bonchev–Trinajstić information content (AvgIpc) is 3.40. The number of aryl methyl sites for hydroxylation is 1. The fraction of sp³-hybridized carbons (Fsp3) is 0.542. The normalized spacial score (nSPS) is 23.2. The van der Waals surface area contributed by atoms with Crippen LogP contribution in [0.2, 0.25) is 0 Å². The molecular formula is C24H33N5O2. The first kappa shape index (κ1) is 21.6. The van der Waals surface area contributed by atoms with E-state index >= 15 is 0 Å². The molecule has 31 heavy (non-hydrogen) atoms. The number of benzene rings is 1. The molecule has 2 amide bonds. The molecule has 7 heteroatoms. The maximum absolute atomic E-state index is 12.8. The third kappa shape index (κ3) is 4.98. The Balaban J connectivity index is 1.48. The molecule has 1 saturated carbocycles. The van der Waals surface area contributed by atoms with E-state index in [2.05, 4.69) is 51.6 Å². The fourth-order valence-corrected chi connectivity index (χ4v) is 5.02. The SMILES string of the molecule is CC(=O)N1CCCN(Cc2cn[nH]c2-c2ccc(C)cc2)CCNC(=O)[C@@H]2CCC[C@@H]21. The first-order chi connectivity index (χ1) is 15.0. The van der Waals surface area contributed by atoms with Gasteiger partial charge in [-0.15, -0.1) is 0 Å². The van der Waals surface area contributed by atoms with Gasteiger partial charge in [0.1, 0.15) is 0 Å². The van der Waals surface area contributed by atoms with Crippen LogP contribution in [0.4, 0.5) is 0 Å². The first-order valence-electron chi connectivity index (χ1n) is 11.4. The Morgan fingerprint density at radius 3 is 2.71 bits per heavy atom. The van der Waals surface area contributed by atoms with Crippen LogP contribution in [0.5, 0.6) is 0 Å². The predicted octanol–water partition coefficient (Wildman–Crippen LogP) is 2.72. The Morgan fingerprint density at radius 2 is 1.94 bits per heavy atom. The van der Waals surface area contributed by atoms with Crippen LogP contribution in [-0.4, -0.2) is 64.0 Å². The van der Waals surface area contributed by atoms with Crippen LogP contribution in [0.3, 0.4) is 0 Å². The summed E-state index contributed by atoms with van der Waals surface area (Å²) in [5.41, 5.74) is 4.54. The van der Waals surface area contributed by atoms with Gasteiger partial charge < -0.3 is 10.2 Å². The smallest absolute Gasteiger partial charge is 0.225 e. The number of nitrogens with zero attached hydrogens (tertiary/aromatic N) is 3. The zero-order valence-corrected chi connectivity index (χ0v) is 18.6. The molecule has 0 unspecified atom stereocenters. The largest absolute Gasteiger partial charge is 0.355 e. The molecule has 2 atom stereocenters.